The fourth-order valence-electron chi connectivity index (χ4n) is 3.53. The highest BCUT2D eigenvalue weighted by molar-refractivity contribution is 14.0. The summed E-state index contributed by atoms with van der Waals surface area (Å²) in [6, 6.07) is 6.30. The Labute approximate surface area is 200 Å². The Hall–Kier alpha value is -1.06. The van der Waals surface area contributed by atoms with Gasteiger partial charge in [-0.1, -0.05) is 12.1 Å². The second-order valence-corrected chi connectivity index (χ2v) is 7.81. The number of rotatable bonds is 11. The molecular weight excluding hydrogens is 491 g/mol. The van der Waals surface area contributed by atoms with Gasteiger partial charge in [-0.25, -0.2) is 4.99 Å². The lowest BCUT2D eigenvalue weighted by Crippen LogP contribution is -2.39. The molecule has 0 unspecified atom stereocenters. The van der Waals surface area contributed by atoms with Crippen LogP contribution in [-0.2, 0) is 11.3 Å². The number of piperidine rings is 1. The number of aliphatic imine (C=N–C) groups is 1. The highest BCUT2D eigenvalue weighted by Crippen LogP contribution is 2.21. The second-order valence-electron chi connectivity index (χ2n) is 7.81. The van der Waals surface area contributed by atoms with Gasteiger partial charge >= 0.3 is 0 Å². The zero-order valence-corrected chi connectivity index (χ0v) is 21.5. The summed E-state index contributed by atoms with van der Waals surface area (Å²) in [5.74, 6) is 2.60. The third-order valence-corrected chi connectivity index (χ3v) is 5.35. The number of likely N-dealkylation sites (tertiary alicyclic amines) is 1. The standard InChI is InChI=1S/C23H40N4O2.HI/c1-5-24-23(25-12-9-20-10-13-27(4)14-11-20)26-18-21-8-7-19(3)17-22(21)29-16-15-28-6-2;/h7-8,17,20H,5-6,9-16,18H2,1-4H3,(H2,24,25,26);1H. The summed E-state index contributed by atoms with van der Waals surface area (Å²) >= 11 is 0. The van der Waals surface area contributed by atoms with Crippen molar-refractivity contribution in [2.75, 3.05) is 53.0 Å². The van der Waals surface area contributed by atoms with Gasteiger partial charge in [0.05, 0.1) is 13.2 Å². The highest BCUT2D eigenvalue weighted by atomic mass is 127. The van der Waals surface area contributed by atoms with Gasteiger partial charge in [0.15, 0.2) is 5.96 Å². The molecule has 1 aromatic carbocycles. The molecule has 0 radical (unpaired) electrons. The molecule has 0 spiro atoms. The highest BCUT2D eigenvalue weighted by Gasteiger charge is 2.16. The van der Waals surface area contributed by atoms with Crippen molar-refractivity contribution in [3.63, 3.8) is 0 Å². The lowest BCUT2D eigenvalue weighted by Gasteiger charge is -2.29. The molecule has 6 nitrogen and oxygen atoms in total. The average Bonchev–Trinajstić information content (AvgIpc) is 2.72. The molecule has 0 aromatic heterocycles. The van der Waals surface area contributed by atoms with Crippen molar-refractivity contribution in [1.29, 1.82) is 0 Å². The van der Waals surface area contributed by atoms with Gasteiger partial charge in [0, 0.05) is 25.3 Å². The van der Waals surface area contributed by atoms with E-state index in [0.29, 0.717) is 26.4 Å². The Morgan fingerprint density at radius 1 is 1.17 bits per heavy atom. The van der Waals surface area contributed by atoms with Crippen LogP contribution in [0.3, 0.4) is 0 Å². The van der Waals surface area contributed by atoms with Crippen LogP contribution in [-0.4, -0.2) is 63.9 Å². The zero-order valence-electron chi connectivity index (χ0n) is 19.2. The predicted octanol–water partition coefficient (Wildman–Crippen LogP) is 3.82. The number of hydrogen-bond acceptors (Lipinski definition) is 4. The number of guanidine groups is 1. The normalized spacial score (nSPS) is 15.5. The summed E-state index contributed by atoms with van der Waals surface area (Å²) < 4.78 is 11.3. The van der Waals surface area contributed by atoms with E-state index in [1.165, 1.54) is 37.9 Å². The van der Waals surface area contributed by atoms with Crippen LogP contribution < -0.4 is 15.4 Å². The number of aryl methyl sites for hydroxylation is 1. The largest absolute Gasteiger partial charge is 0.491 e. The van der Waals surface area contributed by atoms with Crippen molar-refractivity contribution in [2.24, 2.45) is 10.9 Å². The molecule has 0 aliphatic carbocycles. The van der Waals surface area contributed by atoms with Crippen LogP contribution in [0.25, 0.3) is 0 Å². The Balaban J connectivity index is 0.00000450. The number of halogens is 1. The van der Waals surface area contributed by atoms with Crippen LogP contribution in [0.15, 0.2) is 23.2 Å². The molecular formula is C23H41IN4O2. The molecule has 1 saturated heterocycles. The smallest absolute Gasteiger partial charge is 0.191 e. The van der Waals surface area contributed by atoms with Gasteiger partial charge in [0.2, 0.25) is 0 Å². The number of nitrogens with zero attached hydrogens (tertiary/aromatic N) is 2. The molecule has 1 aliphatic rings. The van der Waals surface area contributed by atoms with Gasteiger partial charge < -0.3 is 25.0 Å². The summed E-state index contributed by atoms with van der Waals surface area (Å²) in [5, 5.41) is 6.86. The summed E-state index contributed by atoms with van der Waals surface area (Å²) in [7, 11) is 2.21. The minimum Gasteiger partial charge on any atom is -0.491 e. The third-order valence-electron chi connectivity index (χ3n) is 5.35. The van der Waals surface area contributed by atoms with Gasteiger partial charge in [-0.05, 0) is 77.7 Å². The van der Waals surface area contributed by atoms with E-state index in [4.69, 9.17) is 14.5 Å². The van der Waals surface area contributed by atoms with Crippen LogP contribution in [0.2, 0.25) is 0 Å². The minimum absolute atomic E-state index is 0. The second kappa shape index (κ2) is 15.7. The number of nitrogens with one attached hydrogen (secondary N) is 2. The van der Waals surface area contributed by atoms with E-state index < -0.39 is 0 Å². The Kier molecular flexibility index (Phi) is 14.1. The van der Waals surface area contributed by atoms with Crippen molar-refractivity contribution in [2.45, 2.75) is 46.6 Å². The first-order chi connectivity index (χ1) is 14.1. The monoisotopic (exact) mass is 532 g/mol. The molecule has 0 saturated carbocycles. The first kappa shape index (κ1) is 27.0. The van der Waals surface area contributed by atoms with Gasteiger partial charge in [-0.3, -0.25) is 0 Å². The maximum atomic E-state index is 5.94. The molecule has 0 atom stereocenters. The molecule has 1 heterocycles. The Morgan fingerprint density at radius 2 is 1.93 bits per heavy atom. The molecule has 172 valence electrons. The van der Waals surface area contributed by atoms with E-state index in [0.717, 1.165) is 36.3 Å². The van der Waals surface area contributed by atoms with Gasteiger partial charge in [-0.2, -0.15) is 0 Å². The Morgan fingerprint density at radius 3 is 2.63 bits per heavy atom. The van der Waals surface area contributed by atoms with Crippen LogP contribution in [0, 0.1) is 12.8 Å². The Bertz CT molecular complexity index is 619. The van der Waals surface area contributed by atoms with Gasteiger partial charge in [0.25, 0.3) is 0 Å². The van der Waals surface area contributed by atoms with E-state index in [1.54, 1.807) is 0 Å². The molecule has 30 heavy (non-hydrogen) atoms. The molecule has 1 aromatic rings. The van der Waals surface area contributed by atoms with E-state index in [2.05, 4.69) is 54.6 Å². The third kappa shape index (κ3) is 10.3. The lowest BCUT2D eigenvalue weighted by atomic mass is 9.94. The fourth-order valence-corrected chi connectivity index (χ4v) is 3.53. The molecule has 2 N–H and O–H groups in total. The molecule has 1 aliphatic heterocycles. The van der Waals surface area contributed by atoms with Crippen molar-refractivity contribution >= 4 is 29.9 Å². The van der Waals surface area contributed by atoms with E-state index >= 15 is 0 Å². The predicted molar refractivity (Wildman–Crippen MR) is 136 cm³/mol. The SMILES string of the molecule is CCNC(=NCc1ccc(C)cc1OCCOCC)NCCC1CCN(C)CC1.I. The summed E-state index contributed by atoms with van der Waals surface area (Å²) in [4.78, 5) is 7.21. The van der Waals surface area contributed by atoms with Gasteiger partial charge in [0.1, 0.15) is 12.4 Å². The molecule has 0 amide bonds. The van der Waals surface area contributed by atoms with E-state index in [9.17, 15) is 0 Å². The number of ether oxygens (including phenoxy) is 2. The molecule has 0 bridgehead atoms. The molecule has 1 fully saturated rings. The van der Waals surface area contributed by atoms with Crippen LogP contribution >= 0.6 is 24.0 Å². The summed E-state index contributed by atoms with van der Waals surface area (Å²) in [6.07, 6.45) is 3.81. The first-order valence-corrected chi connectivity index (χ1v) is 11.1. The van der Waals surface area contributed by atoms with E-state index in [1.807, 2.05) is 6.92 Å². The topological polar surface area (TPSA) is 58.1 Å². The lowest BCUT2D eigenvalue weighted by molar-refractivity contribution is 0.110. The average molecular weight is 533 g/mol. The molecule has 2 rings (SSSR count). The molecule has 7 heteroatoms. The maximum absolute atomic E-state index is 5.94. The van der Waals surface area contributed by atoms with E-state index in [-0.39, 0.29) is 24.0 Å². The first-order valence-electron chi connectivity index (χ1n) is 11.1. The van der Waals surface area contributed by atoms with Crippen molar-refractivity contribution < 1.29 is 9.47 Å². The van der Waals surface area contributed by atoms with Crippen LogP contribution in [0.4, 0.5) is 0 Å². The van der Waals surface area contributed by atoms with Crippen molar-refractivity contribution in [3.05, 3.63) is 29.3 Å². The van der Waals surface area contributed by atoms with Crippen molar-refractivity contribution in [1.82, 2.24) is 15.5 Å². The zero-order chi connectivity index (χ0) is 20.9. The summed E-state index contributed by atoms with van der Waals surface area (Å²) in [6.45, 7) is 12.9. The van der Waals surface area contributed by atoms with Crippen LogP contribution in [0.1, 0.15) is 44.2 Å². The maximum Gasteiger partial charge on any atom is 0.191 e. The quantitative estimate of drug-likeness (QED) is 0.197. The number of benzene rings is 1. The van der Waals surface area contributed by atoms with Crippen LogP contribution in [0.5, 0.6) is 5.75 Å². The summed E-state index contributed by atoms with van der Waals surface area (Å²) in [5.41, 5.74) is 2.28. The van der Waals surface area contributed by atoms with Crippen molar-refractivity contribution in [3.8, 4) is 5.75 Å². The van der Waals surface area contributed by atoms with Gasteiger partial charge in [-0.15, -0.1) is 24.0 Å². The minimum atomic E-state index is 0. The fraction of sp³-hybridized carbons (Fsp3) is 0.696. The number of hydrogen-bond donors (Lipinski definition) is 2.